The van der Waals surface area contributed by atoms with E-state index in [1.807, 2.05) is 30.3 Å². The van der Waals surface area contributed by atoms with E-state index in [1.54, 1.807) is 12.1 Å². The number of rotatable bonds is 3. The first-order valence-corrected chi connectivity index (χ1v) is 7.99. The van der Waals surface area contributed by atoms with Crippen LogP contribution < -0.4 is 5.32 Å². The fourth-order valence-electron chi connectivity index (χ4n) is 3.20. The van der Waals surface area contributed by atoms with E-state index in [0.29, 0.717) is 5.56 Å². The summed E-state index contributed by atoms with van der Waals surface area (Å²) in [5, 5.41) is 13.2. The maximum absolute atomic E-state index is 13.9. The molecule has 3 aromatic rings. The van der Waals surface area contributed by atoms with Gasteiger partial charge in [0.25, 0.3) is 11.6 Å². The Morgan fingerprint density at radius 1 is 1.00 bits per heavy atom. The highest BCUT2D eigenvalue weighted by Crippen LogP contribution is 2.36. The Labute approximate surface area is 148 Å². The van der Waals surface area contributed by atoms with Crippen molar-refractivity contribution in [3.05, 3.63) is 93.3 Å². The number of nitrogens with zero attached hydrogens (tertiary/aromatic N) is 1. The number of anilines is 1. The zero-order valence-corrected chi connectivity index (χ0v) is 13.5. The van der Waals surface area contributed by atoms with Crippen LogP contribution in [-0.4, -0.2) is 10.8 Å². The second kappa shape index (κ2) is 6.07. The molecule has 1 aliphatic carbocycles. The predicted molar refractivity (Wildman–Crippen MR) is 95.7 cm³/mol. The maximum atomic E-state index is 13.9. The predicted octanol–water partition coefficient (Wildman–Crippen LogP) is 4.56. The third kappa shape index (κ3) is 2.71. The SMILES string of the molecule is O=C(Nc1cc([N+](=O)[O-])ccc1F)c1ccc2c(c1)Cc1ccccc1-2. The Balaban J connectivity index is 1.62. The minimum atomic E-state index is -0.725. The van der Waals surface area contributed by atoms with Gasteiger partial charge in [-0.25, -0.2) is 4.39 Å². The number of non-ortho nitro benzene ring substituents is 1. The minimum absolute atomic E-state index is 0.215. The van der Waals surface area contributed by atoms with E-state index in [2.05, 4.69) is 5.32 Å². The molecule has 3 aromatic carbocycles. The largest absolute Gasteiger partial charge is 0.319 e. The quantitative estimate of drug-likeness (QED) is 0.436. The number of carbonyl (C=O) groups excluding carboxylic acids is 1. The smallest absolute Gasteiger partial charge is 0.271 e. The van der Waals surface area contributed by atoms with Gasteiger partial charge in [-0.1, -0.05) is 30.3 Å². The Bertz CT molecular complexity index is 1060. The van der Waals surface area contributed by atoms with Gasteiger partial charge >= 0.3 is 0 Å². The van der Waals surface area contributed by atoms with E-state index in [4.69, 9.17) is 0 Å². The van der Waals surface area contributed by atoms with Crippen molar-refractivity contribution in [3.8, 4) is 11.1 Å². The van der Waals surface area contributed by atoms with Gasteiger partial charge in [-0.15, -0.1) is 0 Å². The zero-order chi connectivity index (χ0) is 18.3. The number of fused-ring (bicyclic) bond motifs is 3. The summed E-state index contributed by atoms with van der Waals surface area (Å²) in [6.45, 7) is 0. The van der Waals surface area contributed by atoms with Gasteiger partial charge in [0.1, 0.15) is 5.82 Å². The summed E-state index contributed by atoms with van der Waals surface area (Å²) in [7, 11) is 0. The van der Waals surface area contributed by atoms with Crippen LogP contribution >= 0.6 is 0 Å². The standard InChI is InChI=1S/C20H13FN2O3/c21-18-8-6-15(23(25)26)11-19(18)22-20(24)13-5-7-17-14(10-13)9-12-3-1-2-4-16(12)17/h1-8,10-11H,9H2,(H,22,24). The lowest BCUT2D eigenvalue weighted by Crippen LogP contribution is -2.13. The second-order valence-electron chi connectivity index (χ2n) is 6.08. The number of nitro groups is 1. The van der Waals surface area contributed by atoms with Crippen LogP contribution in [0.2, 0.25) is 0 Å². The number of halogens is 1. The molecule has 0 aliphatic heterocycles. The van der Waals surface area contributed by atoms with Crippen LogP contribution in [0.4, 0.5) is 15.8 Å². The molecule has 0 fully saturated rings. The highest BCUT2D eigenvalue weighted by molar-refractivity contribution is 6.05. The van der Waals surface area contributed by atoms with Gasteiger partial charge in [0.15, 0.2) is 0 Å². The first kappa shape index (κ1) is 16.0. The van der Waals surface area contributed by atoms with E-state index in [-0.39, 0.29) is 11.4 Å². The normalized spacial score (nSPS) is 11.6. The van der Waals surface area contributed by atoms with Crippen LogP contribution in [0.3, 0.4) is 0 Å². The summed E-state index contributed by atoms with van der Waals surface area (Å²) in [5.41, 5.74) is 4.34. The van der Waals surface area contributed by atoms with Crippen LogP contribution in [0.25, 0.3) is 11.1 Å². The third-order valence-electron chi connectivity index (χ3n) is 4.46. The number of hydrogen-bond acceptors (Lipinski definition) is 3. The van der Waals surface area contributed by atoms with E-state index in [0.717, 1.165) is 41.3 Å². The average molecular weight is 348 g/mol. The molecule has 0 radical (unpaired) electrons. The lowest BCUT2D eigenvalue weighted by Gasteiger charge is -2.08. The molecule has 1 N–H and O–H groups in total. The fraction of sp³-hybridized carbons (Fsp3) is 0.0500. The Morgan fingerprint density at radius 3 is 2.58 bits per heavy atom. The van der Waals surface area contributed by atoms with Gasteiger partial charge in [-0.05, 0) is 46.9 Å². The lowest BCUT2D eigenvalue weighted by molar-refractivity contribution is -0.384. The van der Waals surface area contributed by atoms with Crippen molar-refractivity contribution in [2.24, 2.45) is 0 Å². The number of amides is 1. The third-order valence-corrected chi connectivity index (χ3v) is 4.46. The molecule has 0 spiro atoms. The first-order valence-electron chi connectivity index (χ1n) is 7.99. The van der Waals surface area contributed by atoms with E-state index in [1.165, 1.54) is 5.56 Å². The van der Waals surface area contributed by atoms with Gasteiger partial charge < -0.3 is 5.32 Å². The second-order valence-corrected chi connectivity index (χ2v) is 6.08. The summed E-state index contributed by atoms with van der Waals surface area (Å²) < 4.78 is 13.9. The molecule has 0 aromatic heterocycles. The monoisotopic (exact) mass is 348 g/mol. The van der Waals surface area contributed by atoms with Crippen molar-refractivity contribution >= 4 is 17.3 Å². The molecule has 5 nitrogen and oxygen atoms in total. The fourth-order valence-corrected chi connectivity index (χ4v) is 3.20. The molecule has 0 saturated carbocycles. The van der Waals surface area contributed by atoms with Gasteiger partial charge in [-0.2, -0.15) is 0 Å². The van der Waals surface area contributed by atoms with Crippen LogP contribution in [0.1, 0.15) is 21.5 Å². The van der Waals surface area contributed by atoms with Crippen LogP contribution in [0, 0.1) is 15.9 Å². The van der Waals surface area contributed by atoms with Crippen molar-refractivity contribution in [3.63, 3.8) is 0 Å². The number of carbonyl (C=O) groups is 1. The van der Waals surface area contributed by atoms with Crippen molar-refractivity contribution < 1.29 is 14.1 Å². The van der Waals surface area contributed by atoms with Crippen LogP contribution in [0.5, 0.6) is 0 Å². The van der Waals surface area contributed by atoms with Gasteiger partial charge in [0.2, 0.25) is 0 Å². The molecule has 0 saturated heterocycles. The molecule has 1 aliphatic rings. The van der Waals surface area contributed by atoms with Gasteiger partial charge in [0.05, 0.1) is 10.6 Å². The highest BCUT2D eigenvalue weighted by atomic mass is 19.1. The molecule has 0 atom stereocenters. The summed E-state index contributed by atoms with van der Waals surface area (Å²) in [6, 6.07) is 16.4. The number of hydrogen-bond donors (Lipinski definition) is 1. The summed E-state index contributed by atoms with van der Waals surface area (Å²) in [4.78, 5) is 22.7. The minimum Gasteiger partial charge on any atom is -0.319 e. The topological polar surface area (TPSA) is 72.2 Å². The van der Waals surface area contributed by atoms with Crippen molar-refractivity contribution in [2.75, 3.05) is 5.32 Å². The molecule has 4 rings (SSSR count). The average Bonchev–Trinajstić information content (AvgIpc) is 3.01. The first-order chi connectivity index (χ1) is 12.5. The van der Waals surface area contributed by atoms with Crippen LogP contribution in [-0.2, 0) is 6.42 Å². The highest BCUT2D eigenvalue weighted by Gasteiger charge is 2.20. The number of benzene rings is 3. The lowest BCUT2D eigenvalue weighted by atomic mass is 10.0. The molecule has 0 unspecified atom stereocenters. The van der Waals surface area contributed by atoms with E-state index >= 15 is 0 Å². The summed E-state index contributed by atoms with van der Waals surface area (Å²) in [6.07, 6.45) is 0.734. The molecule has 6 heteroatoms. The maximum Gasteiger partial charge on any atom is 0.271 e. The molecule has 1 amide bonds. The molecule has 0 bridgehead atoms. The molecule has 26 heavy (non-hydrogen) atoms. The van der Waals surface area contributed by atoms with Crippen molar-refractivity contribution in [1.29, 1.82) is 0 Å². The van der Waals surface area contributed by atoms with E-state index in [9.17, 15) is 19.3 Å². The van der Waals surface area contributed by atoms with Gasteiger partial charge in [0, 0.05) is 17.7 Å². The Hall–Kier alpha value is -3.54. The molecular weight excluding hydrogens is 335 g/mol. The number of nitro benzene ring substituents is 1. The molecular formula is C20H13FN2O3. The van der Waals surface area contributed by atoms with E-state index < -0.39 is 16.6 Å². The van der Waals surface area contributed by atoms with Gasteiger partial charge in [-0.3, -0.25) is 14.9 Å². The van der Waals surface area contributed by atoms with Crippen LogP contribution in [0.15, 0.2) is 60.7 Å². The van der Waals surface area contributed by atoms with Crippen molar-refractivity contribution in [1.82, 2.24) is 0 Å². The summed E-state index contributed by atoms with van der Waals surface area (Å²) in [5.74, 6) is -1.24. The molecule has 128 valence electrons. The Morgan fingerprint density at radius 2 is 1.77 bits per heavy atom. The molecule has 0 heterocycles. The zero-order valence-electron chi connectivity index (χ0n) is 13.5. The summed E-state index contributed by atoms with van der Waals surface area (Å²) >= 11 is 0. The number of nitrogens with one attached hydrogen (secondary N) is 1. The Kier molecular flexibility index (Phi) is 3.73. The van der Waals surface area contributed by atoms with Crippen molar-refractivity contribution in [2.45, 2.75) is 6.42 Å².